The number of anilines is 1. The molecule has 0 saturated carbocycles. The molecule has 124 valence electrons. The summed E-state index contributed by atoms with van der Waals surface area (Å²) in [7, 11) is 0. The number of aromatic nitrogens is 2. The van der Waals surface area contributed by atoms with Crippen LogP contribution < -0.4 is 10.6 Å². The van der Waals surface area contributed by atoms with Gasteiger partial charge in [0.05, 0.1) is 6.04 Å². The summed E-state index contributed by atoms with van der Waals surface area (Å²) in [5.41, 5.74) is 0.976. The highest BCUT2D eigenvalue weighted by Crippen LogP contribution is 2.18. The van der Waals surface area contributed by atoms with Gasteiger partial charge in [-0.05, 0) is 18.4 Å². The van der Waals surface area contributed by atoms with Gasteiger partial charge < -0.3 is 14.9 Å². The van der Waals surface area contributed by atoms with Crippen LogP contribution in [0, 0.1) is 0 Å². The number of benzene rings is 1. The molecule has 0 bridgehead atoms. The van der Waals surface area contributed by atoms with Crippen molar-refractivity contribution in [2.45, 2.75) is 38.6 Å². The molecule has 2 rings (SSSR count). The minimum atomic E-state index is -0.421. The van der Waals surface area contributed by atoms with E-state index in [4.69, 9.17) is 9.63 Å². The van der Waals surface area contributed by atoms with Crippen molar-refractivity contribution in [3.05, 3.63) is 41.7 Å². The second-order valence-corrected chi connectivity index (χ2v) is 5.54. The van der Waals surface area contributed by atoms with Gasteiger partial charge in [-0.1, -0.05) is 49.3 Å². The van der Waals surface area contributed by atoms with E-state index in [1.165, 1.54) is 0 Å². The Morgan fingerprint density at radius 1 is 1.30 bits per heavy atom. The first-order chi connectivity index (χ1) is 11.1. The van der Waals surface area contributed by atoms with Crippen molar-refractivity contribution in [2.75, 3.05) is 11.9 Å². The molecule has 0 spiro atoms. The summed E-state index contributed by atoms with van der Waals surface area (Å²) in [6.07, 6.45) is 1.23. The number of aliphatic hydroxyl groups excluding tert-OH is 1. The molecule has 1 atom stereocenters. The van der Waals surface area contributed by atoms with Crippen LogP contribution in [-0.4, -0.2) is 27.9 Å². The van der Waals surface area contributed by atoms with Crippen LogP contribution in [0.2, 0.25) is 0 Å². The summed E-state index contributed by atoms with van der Waals surface area (Å²) in [5.74, 6) is 0.666. The molecule has 1 unspecified atom stereocenters. The number of urea groups is 1. The number of hydrogen-bond donors (Lipinski definition) is 3. The third-order valence-electron chi connectivity index (χ3n) is 3.34. The minimum Gasteiger partial charge on any atom is -0.396 e. The Bertz CT molecular complexity index is 613. The molecule has 2 aromatic rings. The smallest absolute Gasteiger partial charge is 0.329 e. The first-order valence-electron chi connectivity index (χ1n) is 7.67. The van der Waals surface area contributed by atoms with E-state index in [0.717, 1.165) is 5.56 Å². The zero-order valence-electron chi connectivity index (χ0n) is 13.3. The summed E-state index contributed by atoms with van der Waals surface area (Å²) < 4.78 is 4.99. The molecule has 0 aliphatic heterocycles. The molecule has 3 N–H and O–H groups in total. The van der Waals surface area contributed by atoms with Crippen LogP contribution in [0.4, 0.5) is 10.8 Å². The van der Waals surface area contributed by atoms with Crippen molar-refractivity contribution >= 4 is 12.0 Å². The zero-order chi connectivity index (χ0) is 16.7. The van der Waals surface area contributed by atoms with Crippen molar-refractivity contribution < 1.29 is 14.4 Å². The van der Waals surface area contributed by atoms with E-state index in [-0.39, 0.29) is 24.6 Å². The number of rotatable bonds is 7. The summed E-state index contributed by atoms with van der Waals surface area (Å²) in [6, 6.07) is 9.06. The van der Waals surface area contributed by atoms with E-state index < -0.39 is 6.03 Å². The molecule has 0 saturated heterocycles. The van der Waals surface area contributed by atoms with Crippen LogP contribution in [0.15, 0.2) is 34.9 Å². The topological polar surface area (TPSA) is 100 Å². The van der Waals surface area contributed by atoms with Crippen molar-refractivity contribution in [1.82, 2.24) is 15.5 Å². The molecule has 0 aliphatic carbocycles. The number of carbonyl (C=O) groups is 1. The van der Waals surface area contributed by atoms with E-state index >= 15 is 0 Å². The number of hydrogen-bond acceptors (Lipinski definition) is 5. The standard InChI is InChI=1S/C16H22N4O3/c1-11(2)14-18-16(23-20-14)19-15(22)17-13(9-6-10-21)12-7-4-3-5-8-12/h3-5,7-8,11,13,21H,6,9-10H2,1-2H3,(H2,17,18,19,20,22). The lowest BCUT2D eigenvalue weighted by Gasteiger charge is -2.18. The molecule has 1 heterocycles. The van der Waals surface area contributed by atoms with E-state index in [9.17, 15) is 4.79 Å². The monoisotopic (exact) mass is 318 g/mol. The van der Waals surface area contributed by atoms with Gasteiger partial charge in [0.2, 0.25) is 0 Å². The molecule has 0 aliphatic rings. The highest BCUT2D eigenvalue weighted by atomic mass is 16.5. The lowest BCUT2D eigenvalue weighted by Crippen LogP contribution is -2.32. The Labute approximate surface area is 135 Å². The van der Waals surface area contributed by atoms with Crippen LogP contribution in [0.1, 0.15) is 50.0 Å². The molecule has 0 fully saturated rings. The van der Waals surface area contributed by atoms with E-state index in [2.05, 4.69) is 20.8 Å². The number of amides is 2. The maximum absolute atomic E-state index is 12.1. The van der Waals surface area contributed by atoms with E-state index in [1.54, 1.807) is 0 Å². The number of nitrogens with one attached hydrogen (secondary N) is 2. The van der Waals surface area contributed by atoms with Gasteiger partial charge in [0.25, 0.3) is 0 Å². The van der Waals surface area contributed by atoms with Gasteiger partial charge in [-0.15, -0.1) is 0 Å². The van der Waals surface area contributed by atoms with E-state index in [0.29, 0.717) is 18.7 Å². The maximum atomic E-state index is 12.1. The normalized spacial score (nSPS) is 12.2. The number of aliphatic hydroxyl groups is 1. The summed E-state index contributed by atoms with van der Waals surface area (Å²) in [6.45, 7) is 3.96. The van der Waals surface area contributed by atoms with E-state index in [1.807, 2.05) is 44.2 Å². The van der Waals surface area contributed by atoms with Crippen LogP contribution in [-0.2, 0) is 0 Å². The van der Waals surface area contributed by atoms with Gasteiger partial charge in [0, 0.05) is 12.5 Å². The van der Waals surface area contributed by atoms with Gasteiger partial charge in [-0.25, -0.2) is 4.79 Å². The predicted molar refractivity (Wildman–Crippen MR) is 86.0 cm³/mol. The minimum absolute atomic E-state index is 0.0696. The third-order valence-corrected chi connectivity index (χ3v) is 3.34. The average Bonchev–Trinajstić information content (AvgIpc) is 3.01. The average molecular weight is 318 g/mol. The van der Waals surface area contributed by atoms with Gasteiger partial charge in [-0.2, -0.15) is 4.98 Å². The van der Waals surface area contributed by atoms with Crippen molar-refractivity contribution in [3.8, 4) is 0 Å². The van der Waals surface area contributed by atoms with Crippen LogP contribution in [0.25, 0.3) is 0 Å². The Kier molecular flexibility index (Phi) is 6.10. The van der Waals surface area contributed by atoms with Crippen LogP contribution >= 0.6 is 0 Å². The molecular formula is C16H22N4O3. The van der Waals surface area contributed by atoms with Crippen molar-refractivity contribution in [1.29, 1.82) is 0 Å². The second kappa shape index (κ2) is 8.28. The quantitative estimate of drug-likeness (QED) is 0.729. The molecule has 23 heavy (non-hydrogen) atoms. The maximum Gasteiger partial charge on any atom is 0.329 e. The second-order valence-electron chi connectivity index (χ2n) is 5.54. The Balaban J connectivity index is 1.99. The van der Waals surface area contributed by atoms with Gasteiger partial charge in [-0.3, -0.25) is 5.32 Å². The Morgan fingerprint density at radius 2 is 2.04 bits per heavy atom. The van der Waals surface area contributed by atoms with Crippen LogP contribution in [0.3, 0.4) is 0 Å². The summed E-state index contributed by atoms with van der Waals surface area (Å²) >= 11 is 0. The Hall–Kier alpha value is -2.41. The molecule has 2 amide bonds. The summed E-state index contributed by atoms with van der Waals surface area (Å²) in [5, 5.41) is 18.2. The van der Waals surface area contributed by atoms with Gasteiger partial charge >= 0.3 is 12.0 Å². The van der Waals surface area contributed by atoms with Crippen molar-refractivity contribution in [3.63, 3.8) is 0 Å². The highest BCUT2D eigenvalue weighted by Gasteiger charge is 2.16. The Morgan fingerprint density at radius 3 is 2.65 bits per heavy atom. The fourth-order valence-corrected chi connectivity index (χ4v) is 2.11. The summed E-state index contributed by atoms with van der Waals surface area (Å²) in [4.78, 5) is 16.2. The largest absolute Gasteiger partial charge is 0.396 e. The lowest BCUT2D eigenvalue weighted by molar-refractivity contribution is 0.243. The predicted octanol–water partition coefficient (Wildman–Crippen LogP) is 2.83. The third kappa shape index (κ3) is 5.07. The zero-order valence-corrected chi connectivity index (χ0v) is 13.3. The molecule has 0 radical (unpaired) electrons. The van der Waals surface area contributed by atoms with Gasteiger partial charge in [0.15, 0.2) is 5.82 Å². The fraction of sp³-hybridized carbons (Fsp3) is 0.438. The molecule has 1 aromatic carbocycles. The lowest BCUT2D eigenvalue weighted by atomic mass is 10.0. The first kappa shape index (κ1) is 17.0. The number of carbonyl (C=O) groups excluding carboxylic acids is 1. The molecular weight excluding hydrogens is 296 g/mol. The van der Waals surface area contributed by atoms with Crippen LogP contribution in [0.5, 0.6) is 0 Å². The first-order valence-corrected chi connectivity index (χ1v) is 7.67. The van der Waals surface area contributed by atoms with Gasteiger partial charge in [0.1, 0.15) is 0 Å². The fourth-order valence-electron chi connectivity index (χ4n) is 2.11. The SMILES string of the molecule is CC(C)c1noc(NC(=O)NC(CCCO)c2ccccc2)n1. The molecule has 7 heteroatoms. The molecule has 1 aromatic heterocycles. The number of nitrogens with zero attached hydrogens (tertiary/aromatic N) is 2. The highest BCUT2D eigenvalue weighted by molar-refractivity contribution is 5.87. The molecule has 7 nitrogen and oxygen atoms in total. The van der Waals surface area contributed by atoms with Crippen molar-refractivity contribution in [2.24, 2.45) is 0 Å².